The number of nitrogens with zero attached hydrogens (tertiary/aromatic N) is 4. The number of carbonyl (C=O) groups excluding carboxylic acids is 1. The second-order valence-corrected chi connectivity index (χ2v) is 11.2. The number of rotatable bonds is 9. The van der Waals surface area contributed by atoms with Crippen LogP contribution in [0.15, 0.2) is 66.2 Å². The number of aromatic nitrogens is 1. The first kappa shape index (κ1) is 29.6. The van der Waals surface area contributed by atoms with Crippen molar-refractivity contribution in [2.75, 3.05) is 45.3 Å². The van der Waals surface area contributed by atoms with Crippen LogP contribution in [0, 0.1) is 6.92 Å². The molecular weight excluding hydrogens is 498 g/mol. The monoisotopic (exact) mass is 543 g/mol. The van der Waals surface area contributed by atoms with E-state index >= 15 is 0 Å². The van der Waals surface area contributed by atoms with E-state index in [1.807, 2.05) is 35.7 Å². The molecule has 1 amide bonds. The van der Waals surface area contributed by atoms with Crippen molar-refractivity contribution in [1.29, 1.82) is 0 Å². The van der Waals surface area contributed by atoms with Crippen LogP contribution in [0.2, 0.25) is 0 Å². The van der Waals surface area contributed by atoms with Crippen molar-refractivity contribution in [2.45, 2.75) is 59.0 Å². The summed E-state index contributed by atoms with van der Waals surface area (Å²) in [4.78, 5) is 27.2. The predicted molar refractivity (Wildman–Crippen MR) is 164 cm³/mol. The van der Waals surface area contributed by atoms with E-state index in [2.05, 4.69) is 73.3 Å². The molecule has 2 aliphatic heterocycles. The molecule has 0 spiro atoms. The topological polar surface area (TPSA) is 60.9 Å². The Bertz CT molecular complexity index is 1240. The summed E-state index contributed by atoms with van der Waals surface area (Å²) in [5.74, 6) is 0.587. The molecule has 1 unspecified atom stereocenters. The average molecular weight is 544 g/mol. The van der Waals surface area contributed by atoms with Crippen LogP contribution in [0.1, 0.15) is 73.1 Å². The second-order valence-electron chi connectivity index (χ2n) is 11.2. The fourth-order valence-corrected chi connectivity index (χ4v) is 5.39. The van der Waals surface area contributed by atoms with Gasteiger partial charge in [-0.3, -0.25) is 19.5 Å². The molecule has 2 aliphatic rings. The first-order valence-corrected chi connectivity index (χ1v) is 14.5. The lowest BCUT2D eigenvalue weighted by atomic mass is 9.88. The highest BCUT2D eigenvalue weighted by Gasteiger charge is 2.22. The minimum Gasteiger partial charge on any atom is -0.385 e. The van der Waals surface area contributed by atoms with Crippen molar-refractivity contribution in [3.63, 3.8) is 0 Å². The highest BCUT2D eigenvalue weighted by Crippen LogP contribution is 2.30. The third-order valence-corrected chi connectivity index (χ3v) is 7.55. The van der Waals surface area contributed by atoms with Crippen LogP contribution < -0.4 is 10.4 Å². The van der Waals surface area contributed by atoms with Gasteiger partial charge in [-0.05, 0) is 95.0 Å². The summed E-state index contributed by atoms with van der Waals surface area (Å²) in [5.41, 5.74) is 7.53. The molecule has 1 fully saturated rings. The number of pyridine rings is 1. The van der Waals surface area contributed by atoms with Crippen LogP contribution in [-0.2, 0) is 4.84 Å². The summed E-state index contributed by atoms with van der Waals surface area (Å²) in [7, 11) is 3.58. The van der Waals surface area contributed by atoms with E-state index in [4.69, 9.17) is 4.84 Å². The van der Waals surface area contributed by atoms with E-state index in [1.165, 1.54) is 11.1 Å². The summed E-state index contributed by atoms with van der Waals surface area (Å²) >= 11 is 0. The number of anilines is 1. The minimum absolute atomic E-state index is 0.0500. The number of nitrogens with one attached hydrogen (secondary N) is 1. The fraction of sp³-hybridized carbons (Fsp3) is 0.455. The number of benzene rings is 1. The summed E-state index contributed by atoms with van der Waals surface area (Å²) in [6, 6.07) is 10.2. The maximum absolute atomic E-state index is 12.2. The first-order valence-electron chi connectivity index (χ1n) is 14.5. The molecule has 0 bridgehead atoms. The molecule has 1 aromatic carbocycles. The van der Waals surface area contributed by atoms with Gasteiger partial charge in [0, 0.05) is 62.1 Å². The first-order chi connectivity index (χ1) is 19.2. The zero-order valence-electron chi connectivity index (χ0n) is 25.0. The van der Waals surface area contributed by atoms with Gasteiger partial charge in [0.1, 0.15) is 6.10 Å². The third-order valence-electron chi connectivity index (χ3n) is 7.55. The van der Waals surface area contributed by atoms with Crippen LogP contribution in [-0.4, -0.2) is 67.1 Å². The highest BCUT2D eigenvalue weighted by atomic mass is 16.7. The molecule has 7 nitrogen and oxygen atoms in total. The fourth-order valence-electron chi connectivity index (χ4n) is 5.39. The molecule has 0 saturated carbocycles. The lowest BCUT2D eigenvalue weighted by Crippen LogP contribution is -2.34. The van der Waals surface area contributed by atoms with Gasteiger partial charge in [-0.2, -0.15) is 0 Å². The van der Waals surface area contributed by atoms with Crippen molar-refractivity contribution >= 4 is 17.7 Å². The molecular formula is C33H45N5O2. The van der Waals surface area contributed by atoms with Gasteiger partial charge in [-0.1, -0.05) is 30.7 Å². The van der Waals surface area contributed by atoms with Gasteiger partial charge in [0.25, 0.3) is 5.91 Å². The molecule has 1 aromatic heterocycles. The maximum atomic E-state index is 12.2. The number of carbonyl (C=O) groups is 1. The molecule has 0 radical (unpaired) electrons. The standard InChI is InChI=1S/C33H45N5O2/c1-7-16-35-30-15-20-38(40-25(3)22-30)32-12-17-34-26(4)31(32)21-24(2)23-37-18-13-28(14-19-37)27-8-10-29(11-9-27)33(39)36(5)6/h8-12,15,17,20-22,25,28,35H,7,13-14,16,18-19,23H2,1-6H3/b24-21+. The van der Waals surface area contributed by atoms with E-state index in [1.54, 1.807) is 19.0 Å². The van der Waals surface area contributed by atoms with Gasteiger partial charge in [0.2, 0.25) is 0 Å². The Morgan fingerprint density at radius 1 is 1.18 bits per heavy atom. The Morgan fingerprint density at radius 3 is 2.58 bits per heavy atom. The van der Waals surface area contributed by atoms with Gasteiger partial charge >= 0.3 is 0 Å². The predicted octanol–water partition coefficient (Wildman–Crippen LogP) is 5.91. The highest BCUT2D eigenvalue weighted by molar-refractivity contribution is 5.93. The number of hydrogen-bond donors (Lipinski definition) is 1. The Morgan fingerprint density at radius 2 is 1.90 bits per heavy atom. The summed E-state index contributed by atoms with van der Waals surface area (Å²) in [6.45, 7) is 12.5. The van der Waals surface area contributed by atoms with Gasteiger partial charge < -0.3 is 10.2 Å². The zero-order chi connectivity index (χ0) is 28.6. The molecule has 0 aliphatic carbocycles. The number of aryl methyl sites for hydroxylation is 1. The third kappa shape index (κ3) is 7.61. The summed E-state index contributed by atoms with van der Waals surface area (Å²) in [6.07, 6.45) is 13.6. The zero-order valence-corrected chi connectivity index (χ0v) is 25.0. The number of allylic oxidation sites excluding steroid dienone is 1. The largest absolute Gasteiger partial charge is 0.385 e. The Hall–Kier alpha value is -3.42. The lowest BCUT2D eigenvalue weighted by molar-refractivity contribution is 0.0827. The van der Waals surface area contributed by atoms with Gasteiger partial charge in [-0.15, -0.1) is 0 Å². The van der Waals surface area contributed by atoms with Gasteiger partial charge in [-0.25, -0.2) is 5.06 Å². The van der Waals surface area contributed by atoms with E-state index in [-0.39, 0.29) is 12.0 Å². The Kier molecular flexibility index (Phi) is 10.2. The van der Waals surface area contributed by atoms with Crippen molar-refractivity contribution in [3.8, 4) is 0 Å². The van der Waals surface area contributed by atoms with Crippen LogP contribution in [0.25, 0.3) is 6.08 Å². The van der Waals surface area contributed by atoms with Crippen molar-refractivity contribution in [3.05, 3.63) is 88.5 Å². The molecule has 7 heteroatoms. The van der Waals surface area contributed by atoms with Crippen LogP contribution in [0.5, 0.6) is 0 Å². The average Bonchev–Trinajstić information content (AvgIpc) is 3.13. The normalized spacial score (nSPS) is 18.9. The molecule has 40 heavy (non-hydrogen) atoms. The molecule has 3 heterocycles. The van der Waals surface area contributed by atoms with Crippen molar-refractivity contribution in [1.82, 2.24) is 20.1 Å². The van der Waals surface area contributed by atoms with Crippen LogP contribution >= 0.6 is 0 Å². The van der Waals surface area contributed by atoms with E-state index < -0.39 is 0 Å². The van der Waals surface area contributed by atoms with E-state index in [0.29, 0.717) is 5.92 Å². The lowest BCUT2D eigenvalue weighted by Gasteiger charge is -2.32. The quantitative estimate of drug-likeness (QED) is 0.424. The molecule has 2 aromatic rings. The van der Waals surface area contributed by atoms with Crippen LogP contribution in [0.3, 0.4) is 0 Å². The molecule has 1 saturated heterocycles. The SMILES string of the molecule is CCCNC1=CC(C)ON(c2ccnc(C)c2/C=C(\C)CN2CCC(c3ccc(C(=O)N(C)C)cc3)CC2)C=C1. The van der Waals surface area contributed by atoms with Gasteiger partial charge in [0.05, 0.1) is 5.69 Å². The van der Waals surface area contributed by atoms with Gasteiger partial charge in [0.15, 0.2) is 0 Å². The molecule has 1 N–H and O–H groups in total. The number of piperidine rings is 1. The second kappa shape index (κ2) is 13.8. The van der Waals surface area contributed by atoms with Crippen molar-refractivity contribution < 1.29 is 9.63 Å². The Labute approximate surface area is 240 Å². The number of hydrogen-bond acceptors (Lipinski definition) is 6. The van der Waals surface area contributed by atoms with Crippen LogP contribution in [0.4, 0.5) is 5.69 Å². The minimum atomic E-state index is -0.0632. The van der Waals surface area contributed by atoms with Crippen molar-refractivity contribution in [2.24, 2.45) is 0 Å². The maximum Gasteiger partial charge on any atom is 0.253 e. The summed E-state index contributed by atoms with van der Waals surface area (Å²) < 4.78 is 0. The number of amides is 1. The number of likely N-dealkylation sites (tertiary alicyclic amines) is 1. The van der Waals surface area contributed by atoms with E-state index in [9.17, 15) is 4.79 Å². The Balaban J connectivity index is 1.40. The number of hydroxylamine groups is 1. The molecule has 4 rings (SSSR count). The smallest absolute Gasteiger partial charge is 0.253 e. The van der Waals surface area contributed by atoms with E-state index in [0.717, 1.165) is 73.6 Å². The molecule has 1 atom stereocenters. The molecule has 214 valence electrons. The summed E-state index contributed by atoms with van der Waals surface area (Å²) in [5, 5.41) is 5.34.